The summed E-state index contributed by atoms with van der Waals surface area (Å²) in [7, 11) is 0. The number of hydrogen-bond donors (Lipinski definition) is 6. The van der Waals surface area contributed by atoms with E-state index in [1.807, 2.05) is 27.7 Å². The van der Waals surface area contributed by atoms with E-state index in [-0.39, 0.29) is 23.9 Å². The Hall–Kier alpha value is -3.62. The van der Waals surface area contributed by atoms with Crippen LogP contribution in [0, 0.1) is 5.41 Å². The number of carbonyl (C=O) groups excluding carboxylic acids is 2. The van der Waals surface area contributed by atoms with Gasteiger partial charge in [-0.25, -0.2) is 0 Å². The van der Waals surface area contributed by atoms with Gasteiger partial charge in [0.1, 0.15) is 16.9 Å². The summed E-state index contributed by atoms with van der Waals surface area (Å²) in [6, 6.07) is 12.7. The minimum Gasteiger partial charge on any atom is -0.511 e. The molecule has 0 aromatic heterocycles. The summed E-state index contributed by atoms with van der Waals surface area (Å²) in [6.07, 6.45) is 2.61. The van der Waals surface area contributed by atoms with Gasteiger partial charge in [0.05, 0.1) is 13.2 Å². The van der Waals surface area contributed by atoms with Gasteiger partial charge in [0, 0.05) is 23.2 Å². The summed E-state index contributed by atoms with van der Waals surface area (Å²) in [4.78, 5) is 24.2. The third-order valence-corrected chi connectivity index (χ3v) is 5.31. The molecule has 0 fully saturated rings. The Morgan fingerprint density at radius 1 is 0.714 bits per heavy atom. The van der Waals surface area contributed by atoms with Gasteiger partial charge >= 0.3 is 0 Å². The molecule has 0 radical (unpaired) electrons. The third kappa shape index (κ3) is 7.18. The number of rotatable bonds is 10. The number of hydrogen-bond acceptors (Lipinski definition) is 6. The van der Waals surface area contributed by atoms with Crippen LogP contribution in [-0.4, -0.2) is 57.5 Å². The van der Waals surface area contributed by atoms with Gasteiger partial charge < -0.3 is 31.1 Å². The standard InChI is InChI=1S/C27H34N2O6/c1-17(2)28-25(34)21-9-5-19(6-10-21)13-23(32)27(15-30,16-31)24(33)14-20-7-11-22(12-8-20)26(35)29-18(3)4/h5-14,17-18,30-33H,15-16H2,1-4H3,(H,28,34)(H,29,35). The molecular weight excluding hydrogens is 448 g/mol. The number of amides is 2. The second-order valence-corrected chi connectivity index (χ2v) is 8.96. The molecule has 0 aliphatic carbocycles. The van der Waals surface area contributed by atoms with Gasteiger partial charge in [-0.3, -0.25) is 9.59 Å². The highest BCUT2D eigenvalue weighted by Gasteiger charge is 2.38. The van der Waals surface area contributed by atoms with Crippen molar-refractivity contribution in [2.24, 2.45) is 5.41 Å². The normalized spacial score (nSPS) is 12.7. The molecule has 0 saturated carbocycles. The zero-order valence-electron chi connectivity index (χ0n) is 20.4. The van der Waals surface area contributed by atoms with E-state index in [0.29, 0.717) is 22.3 Å². The number of aliphatic hydroxyl groups is 4. The minimum absolute atomic E-state index is 0.0102. The van der Waals surface area contributed by atoms with Crippen molar-refractivity contribution < 1.29 is 30.0 Å². The predicted octanol–water partition coefficient (Wildman–Crippen LogP) is 3.43. The van der Waals surface area contributed by atoms with Crippen molar-refractivity contribution in [2.45, 2.75) is 39.8 Å². The first-order valence-electron chi connectivity index (χ1n) is 11.4. The second-order valence-electron chi connectivity index (χ2n) is 8.96. The van der Waals surface area contributed by atoms with Crippen LogP contribution in [0.25, 0.3) is 12.2 Å². The number of nitrogens with one attached hydrogen (secondary N) is 2. The van der Waals surface area contributed by atoms with Gasteiger partial charge in [0.15, 0.2) is 0 Å². The number of carbonyl (C=O) groups is 2. The third-order valence-electron chi connectivity index (χ3n) is 5.31. The van der Waals surface area contributed by atoms with Crippen LogP contribution in [0.2, 0.25) is 0 Å². The number of aliphatic hydroxyl groups excluding tert-OH is 4. The van der Waals surface area contributed by atoms with Crippen molar-refractivity contribution >= 4 is 24.0 Å². The maximum atomic E-state index is 12.1. The Morgan fingerprint density at radius 3 is 1.29 bits per heavy atom. The SMILES string of the molecule is CC(C)NC(=O)c1ccc(C=C(O)C(CO)(CO)C(O)=Cc2ccc(C(=O)NC(C)C)cc2)cc1. The highest BCUT2D eigenvalue weighted by Crippen LogP contribution is 2.34. The molecule has 2 amide bonds. The van der Waals surface area contributed by atoms with Crippen molar-refractivity contribution in [3.05, 3.63) is 82.3 Å². The van der Waals surface area contributed by atoms with Crippen molar-refractivity contribution in [3.8, 4) is 0 Å². The van der Waals surface area contributed by atoms with Crippen LogP contribution in [0.15, 0.2) is 60.0 Å². The molecule has 0 atom stereocenters. The summed E-state index contributed by atoms with van der Waals surface area (Å²) in [5.74, 6) is -1.37. The minimum atomic E-state index is -1.85. The molecule has 2 aromatic rings. The van der Waals surface area contributed by atoms with Crippen LogP contribution < -0.4 is 10.6 Å². The smallest absolute Gasteiger partial charge is 0.251 e. The van der Waals surface area contributed by atoms with E-state index < -0.39 is 30.1 Å². The number of benzene rings is 2. The molecule has 0 bridgehead atoms. The lowest BCUT2D eigenvalue weighted by Gasteiger charge is -2.28. The maximum absolute atomic E-state index is 12.1. The molecular formula is C27H34N2O6. The first kappa shape index (κ1) is 27.6. The molecule has 188 valence electrons. The summed E-state index contributed by atoms with van der Waals surface area (Å²) in [5, 5.41) is 47.1. The zero-order valence-corrected chi connectivity index (χ0v) is 20.4. The largest absolute Gasteiger partial charge is 0.511 e. The fraction of sp³-hybridized carbons (Fsp3) is 0.333. The molecule has 8 heteroatoms. The molecule has 0 heterocycles. The van der Waals surface area contributed by atoms with E-state index in [9.17, 15) is 30.0 Å². The second kappa shape index (κ2) is 12.2. The molecule has 35 heavy (non-hydrogen) atoms. The summed E-state index contributed by atoms with van der Waals surface area (Å²) in [5.41, 5.74) is 0.0474. The predicted molar refractivity (Wildman–Crippen MR) is 136 cm³/mol. The zero-order chi connectivity index (χ0) is 26.2. The van der Waals surface area contributed by atoms with Crippen LogP contribution in [0.4, 0.5) is 0 Å². The first-order chi connectivity index (χ1) is 16.5. The molecule has 0 aliphatic rings. The van der Waals surface area contributed by atoms with E-state index in [1.54, 1.807) is 48.5 Å². The van der Waals surface area contributed by atoms with Crippen LogP contribution in [0.1, 0.15) is 59.5 Å². The van der Waals surface area contributed by atoms with E-state index >= 15 is 0 Å². The molecule has 0 spiro atoms. The van der Waals surface area contributed by atoms with Gasteiger partial charge in [-0.2, -0.15) is 0 Å². The Kier molecular flexibility index (Phi) is 9.62. The molecule has 2 aromatic carbocycles. The lowest BCUT2D eigenvalue weighted by Crippen LogP contribution is -2.34. The van der Waals surface area contributed by atoms with Crippen molar-refractivity contribution in [2.75, 3.05) is 13.2 Å². The van der Waals surface area contributed by atoms with Crippen LogP contribution in [0.5, 0.6) is 0 Å². The van der Waals surface area contributed by atoms with E-state index in [0.717, 1.165) is 0 Å². The maximum Gasteiger partial charge on any atom is 0.251 e. The summed E-state index contributed by atoms with van der Waals surface area (Å²) in [6.45, 7) is 5.89. The molecule has 0 unspecified atom stereocenters. The Labute approximate surface area is 205 Å². The quantitative estimate of drug-likeness (QED) is 0.287. The van der Waals surface area contributed by atoms with Gasteiger partial charge in [-0.05, 0) is 75.2 Å². The Bertz CT molecular complexity index is 982. The molecule has 8 nitrogen and oxygen atoms in total. The van der Waals surface area contributed by atoms with Crippen molar-refractivity contribution in [1.29, 1.82) is 0 Å². The fourth-order valence-electron chi connectivity index (χ4n) is 3.25. The van der Waals surface area contributed by atoms with Crippen molar-refractivity contribution in [3.63, 3.8) is 0 Å². The summed E-state index contributed by atoms with van der Waals surface area (Å²) >= 11 is 0. The van der Waals surface area contributed by atoms with Crippen LogP contribution >= 0.6 is 0 Å². The van der Waals surface area contributed by atoms with E-state index in [1.165, 1.54) is 12.2 Å². The van der Waals surface area contributed by atoms with Crippen molar-refractivity contribution in [1.82, 2.24) is 10.6 Å². The summed E-state index contributed by atoms with van der Waals surface area (Å²) < 4.78 is 0. The molecule has 0 aliphatic heterocycles. The average molecular weight is 483 g/mol. The molecule has 6 N–H and O–H groups in total. The first-order valence-corrected chi connectivity index (χ1v) is 11.4. The molecule has 2 rings (SSSR count). The van der Waals surface area contributed by atoms with Gasteiger partial charge in [-0.1, -0.05) is 24.3 Å². The average Bonchev–Trinajstić information content (AvgIpc) is 2.80. The fourth-order valence-corrected chi connectivity index (χ4v) is 3.25. The van der Waals surface area contributed by atoms with Gasteiger partial charge in [0.2, 0.25) is 0 Å². The van der Waals surface area contributed by atoms with Gasteiger partial charge in [-0.15, -0.1) is 0 Å². The lowest BCUT2D eigenvalue weighted by atomic mass is 9.83. The highest BCUT2D eigenvalue weighted by molar-refractivity contribution is 5.95. The van der Waals surface area contributed by atoms with Crippen LogP contribution in [-0.2, 0) is 0 Å². The Balaban J connectivity index is 2.29. The molecule has 0 saturated heterocycles. The lowest BCUT2D eigenvalue weighted by molar-refractivity contribution is 0.0487. The Morgan fingerprint density at radius 2 is 1.03 bits per heavy atom. The van der Waals surface area contributed by atoms with E-state index in [2.05, 4.69) is 10.6 Å². The highest BCUT2D eigenvalue weighted by atomic mass is 16.3. The van der Waals surface area contributed by atoms with Gasteiger partial charge in [0.25, 0.3) is 11.8 Å². The van der Waals surface area contributed by atoms with Crippen LogP contribution in [0.3, 0.4) is 0 Å². The topological polar surface area (TPSA) is 139 Å². The monoisotopic (exact) mass is 482 g/mol. The van der Waals surface area contributed by atoms with E-state index in [4.69, 9.17) is 0 Å².